The molecule has 1 aromatic rings. The predicted molar refractivity (Wildman–Crippen MR) is 90.7 cm³/mol. The lowest BCUT2D eigenvalue weighted by Crippen LogP contribution is -2.30. The van der Waals surface area contributed by atoms with Crippen LogP contribution >= 0.6 is 22.9 Å². The fraction of sp³-hybridized carbons (Fsp3) is 0.765. The van der Waals surface area contributed by atoms with E-state index in [-0.39, 0.29) is 0 Å². The molecule has 0 radical (unpaired) electrons. The standard InChI is InChI=1S/C17H28ClNS/c1-3-5-6-13-7-9-14(10-8-13)17(19-4-2)15-11-12-16(18)20-15/h11-14,17,19H,3-10H2,1-2H3. The van der Waals surface area contributed by atoms with Gasteiger partial charge in [-0.25, -0.2) is 0 Å². The van der Waals surface area contributed by atoms with E-state index in [4.69, 9.17) is 11.6 Å². The lowest BCUT2D eigenvalue weighted by atomic mass is 9.76. The van der Waals surface area contributed by atoms with E-state index in [1.807, 2.05) is 6.07 Å². The second-order valence-corrected chi connectivity index (χ2v) is 7.85. The summed E-state index contributed by atoms with van der Waals surface area (Å²) in [5.74, 6) is 1.78. The second-order valence-electron chi connectivity index (χ2n) is 6.10. The molecule has 0 aromatic carbocycles. The molecule has 1 unspecified atom stereocenters. The summed E-state index contributed by atoms with van der Waals surface area (Å²) in [6.07, 6.45) is 9.79. The summed E-state index contributed by atoms with van der Waals surface area (Å²) in [5, 5.41) is 3.69. The highest BCUT2D eigenvalue weighted by molar-refractivity contribution is 7.16. The molecule has 1 saturated carbocycles. The summed E-state index contributed by atoms with van der Waals surface area (Å²) < 4.78 is 0.916. The minimum atomic E-state index is 0.518. The Morgan fingerprint density at radius 2 is 2.00 bits per heavy atom. The lowest BCUT2D eigenvalue weighted by Gasteiger charge is -2.34. The highest BCUT2D eigenvalue weighted by Crippen LogP contribution is 2.40. The zero-order valence-corrected chi connectivity index (χ0v) is 14.4. The summed E-state index contributed by atoms with van der Waals surface area (Å²) in [6, 6.07) is 4.77. The van der Waals surface area contributed by atoms with Gasteiger partial charge in [0.1, 0.15) is 0 Å². The molecule has 1 aliphatic carbocycles. The third-order valence-electron chi connectivity index (χ3n) is 4.65. The summed E-state index contributed by atoms with van der Waals surface area (Å²) in [4.78, 5) is 1.42. The van der Waals surface area contributed by atoms with Gasteiger partial charge < -0.3 is 5.32 Å². The van der Waals surface area contributed by atoms with Crippen molar-refractivity contribution >= 4 is 22.9 Å². The van der Waals surface area contributed by atoms with Gasteiger partial charge in [0, 0.05) is 10.9 Å². The number of nitrogens with one attached hydrogen (secondary N) is 1. The van der Waals surface area contributed by atoms with Crippen LogP contribution in [0.4, 0.5) is 0 Å². The van der Waals surface area contributed by atoms with E-state index in [0.717, 1.165) is 22.7 Å². The van der Waals surface area contributed by atoms with Gasteiger partial charge in [0.25, 0.3) is 0 Å². The maximum Gasteiger partial charge on any atom is 0.0931 e. The molecule has 0 spiro atoms. The molecule has 1 aromatic heterocycles. The molecule has 1 atom stereocenters. The van der Waals surface area contributed by atoms with Gasteiger partial charge in [-0.2, -0.15) is 0 Å². The van der Waals surface area contributed by atoms with Gasteiger partial charge in [0.2, 0.25) is 0 Å². The Kier molecular flexibility index (Phi) is 6.86. The first-order valence-electron chi connectivity index (χ1n) is 8.23. The Balaban J connectivity index is 1.91. The van der Waals surface area contributed by atoms with Gasteiger partial charge >= 0.3 is 0 Å². The van der Waals surface area contributed by atoms with Crippen LogP contribution in [0.5, 0.6) is 0 Å². The minimum absolute atomic E-state index is 0.518. The average Bonchev–Trinajstić information content (AvgIpc) is 2.89. The number of hydrogen-bond acceptors (Lipinski definition) is 2. The highest BCUT2D eigenvalue weighted by atomic mass is 35.5. The van der Waals surface area contributed by atoms with Crippen LogP contribution in [-0.2, 0) is 0 Å². The number of halogens is 1. The third-order valence-corrected chi connectivity index (χ3v) is 5.97. The largest absolute Gasteiger partial charge is 0.309 e. The van der Waals surface area contributed by atoms with Crippen LogP contribution in [0.3, 0.4) is 0 Å². The molecular formula is C17H28ClNS. The minimum Gasteiger partial charge on any atom is -0.309 e. The van der Waals surface area contributed by atoms with Crippen molar-refractivity contribution in [3.8, 4) is 0 Å². The maximum atomic E-state index is 6.11. The van der Waals surface area contributed by atoms with Crippen LogP contribution in [0.2, 0.25) is 4.34 Å². The van der Waals surface area contributed by atoms with E-state index in [2.05, 4.69) is 25.2 Å². The zero-order chi connectivity index (χ0) is 14.4. The van der Waals surface area contributed by atoms with Crippen LogP contribution in [-0.4, -0.2) is 6.54 Å². The van der Waals surface area contributed by atoms with E-state index in [0.29, 0.717) is 6.04 Å². The molecule has 1 fully saturated rings. The molecule has 114 valence electrons. The van der Waals surface area contributed by atoms with Crippen molar-refractivity contribution in [3.63, 3.8) is 0 Å². The second kappa shape index (κ2) is 8.41. The van der Waals surface area contributed by atoms with Crippen molar-refractivity contribution in [2.24, 2.45) is 11.8 Å². The van der Waals surface area contributed by atoms with Crippen molar-refractivity contribution in [2.75, 3.05) is 6.54 Å². The Hall–Kier alpha value is -0.0500. The maximum absolute atomic E-state index is 6.11. The number of rotatable bonds is 7. The van der Waals surface area contributed by atoms with E-state index in [1.54, 1.807) is 11.3 Å². The van der Waals surface area contributed by atoms with Gasteiger partial charge in [0.05, 0.1) is 4.34 Å². The van der Waals surface area contributed by atoms with E-state index < -0.39 is 0 Å². The number of hydrogen-bond donors (Lipinski definition) is 1. The zero-order valence-electron chi connectivity index (χ0n) is 12.8. The highest BCUT2D eigenvalue weighted by Gasteiger charge is 2.28. The van der Waals surface area contributed by atoms with Gasteiger partial charge in [-0.05, 0) is 43.4 Å². The summed E-state index contributed by atoms with van der Waals surface area (Å²) in [7, 11) is 0. The Morgan fingerprint density at radius 3 is 2.55 bits per heavy atom. The quantitative estimate of drug-likeness (QED) is 0.646. The van der Waals surface area contributed by atoms with Crippen molar-refractivity contribution in [1.29, 1.82) is 0 Å². The van der Waals surface area contributed by atoms with Crippen LogP contribution in [0.1, 0.15) is 69.7 Å². The molecule has 0 amide bonds. The molecule has 1 aliphatic rings. The monoisotopic (exact) mass is 313 g/mol. The van der Waals surface area contributed by atoms with E-state index in [9.17, 15) is 0 Å². The van der Waals surface area contributed by atoms with Gasteiger partial charge in [-0.15, -0.1) is 11.3 Å². The lowest BCUT2D eigenvalue weighted by molar-refractivity contribution is 0.216. The van der Waals surface area contributed by atoms with Crippen molar-refractivity contribution < 1.29 is 0 Å². The van der Waals surface area contributed by atoms with Crippen LogP contribution in [0.15, 0.2) is 12.1 Å². The molecule has 1 nitrogen and oxygen atoms in total. The first-order chi connectivity index (χ1) is 9.74. The van der Waals surface area contributed by atoms with Gasteiger partial charge in [-0.3, -0.25) is 0 Å². The predicted octanol–water partition coefficient (Wildman–Crippen LogP) is 6.05. The molecule has 3 heteroatoms. The topological polar surface area (TPSA) is 12.0 Å². The van der Waals surface area contributed by atoms with Crippen molar-refractivity contribution in [3.05, 3.63) is 21.3 Å². The third kappa shape index (κ3) is 4.47. The molecule has 0 aliphatic heterocycles. The number of thiophene rings is 1. The Morgan fingerprint density at radius 1 is 1.25 bits per heavy atom. The fourth-order valence-corrected chi connectivity index (χ4v) is 4.75. The van der Waals surface area contributed by atoms with Crippen LogP contribution in [0.25, 0.3) is 0 Å². The van der Waals surface area contributed by atoms with Crippen LogP contribution in [0, 0.1) is 11.8 Å². The van der Waals surface area contributed by atoms with Crippen molar-refractivity contribution in [2.45, 2.75) is 64.8 Å². The van der Waals surface area contributed by atoms with Gasteiger partial charge in [-0.1, -0.05) is 57.6 Å². The Bertz CT molecular complexity index is 382. The molecule has 1 N–H and O–H groups in total. The molecule has 0 saturated heterocycles. The molecule has 0 bridgehead atoms. The average molecular weight is 314 g/mol. The summed E-state index contributed by atoms with van der Waals surface area (Å²) in [5.41, 5.74) is 0. The van der Waals surface area contributed by atoms with E-state index in [1.165, 1.54) is 49.8 Å². The smallest absolute Gasteiger partial charge is 0.0931 e. The normalized spacial score (nSPS) is 24.8. The van der Waals surface area contributed by atoms with Crippen molar-refractivity contribution in [1.82, 2.24) is 5.32 Å². The number of unbranched alkanes of at least 4 members (excludes halogenated alkanes) is 1. The SMILES string of the molecule is CCCCC1CCC(C(NCC)c2ccc(Cl)s2)CC1. The van der Waals surface area contributed by atoms with Gasteiger partial charge in [0.15, 0.2) is 0 Å². The Labute approximate surface area is 133 Å². The first-order valence-corrected chi connectivity index (χ1v) is 9.42. The molecule has 20 heavy (non-hydrogen) atoms. The summed E-state index contributed by atoms with van der Waals surface area (Å²) >= 11 is 7.86. The first kappa shape index (κ1) is 16.3. The molecular weight excluding hydrogens is 286 g/mol. The molecule has 1 heterocycles. The fourth-order valence-electron chi connectivity index (χ4n) is 3.52. The van der Waals surface area contributed by atoms with Crippen LogP contribution < -0.4 is 5.32 Å². The molecule has 2 rings (SSSR count). The summed E-state index contributed by atoms with van der Waals surface area (Å²) in [6.45, 7) is 5.54. The van der Waals surface area contributed by atoms with E-state index >= 15 is 0 Å².